The molecule has 0 radical (unpaired) electrons. The highest BCUT2D eigenvalue weighted by Gasteiger charge is 2.40. The van der Waals surface area contributed by atoms with E-state index in [1.54, 1.807) is 5.57 Å². The van der Waals surface area contributed by atoms with Crippen molar-refractivity contribution >= 4 is 0 Å². The van der Waals surface area contributed by atoms with Gasteiger partial charge in [0.05, 0.1) is 0 Å². The van der Waals surface area contributed by atoms with Gasteiger partial charge in [0.1, 0.15) is 0 Å². The second-order valence-electron chi connectivity index (χ2n) is 9.23. The fourth-order valence-electron chi connectivity index (χ4n) is 3.92. The average Bonchev–Trinajstić information content (AvgIpc) is 2.57. The third-order valence-electron chi connectivity index (χ3n) is 7.42. The number of rotatable bonds is 12. The van der Waals surface area contributed by atoms with Gasteiger partial charge in [0.15, 0.2) is 0 Å². The van der Waals surface area contributed by atoms with Gasteiger partial charge in [-0.3, -0.25) is 0 Å². The van der Waals surface area contributed by atoms with Crippen LogP contribution in [-0.4, -0.2) is 0 Å². The molecule has 0 aromatic heterocycles. The maximum Gasteiger partial charge on any atom is -0.0238 e. The Hall–Kier alpha value is -0.520. The molecule has 0 bridgehead atoms. The summed E-state index contributed by atoms with van der Waals surface area (Å²) < 4.78 is 0. The standard InChI is InChI=1S/C24H46/c1-11-22(8,17-15-20(5)6)18-16-21(7)19-24(10,14-4)23(9,12-2)13-3/h16H,5,11-15,17-19H2,1-4,6-10H3. The van der Waals surface area contributed by atoms with E-state index in [1.165, 1.54) is 50.5 Å². The van der Waals surface area contributed by atoms with Crippen molar-refractivity contribution in [1.29, 1.82) is 0 Å². The summed E-state index contributed by atoms with van der Waals surface area (Å²) in [5, 5.41) is 0. The molecular formula is C24H46. The maximum absolute atomic E-state index is 4.08. The van der Waals surface area contributed by atoms with Gasteiger partial charge in [-0.2, -0.15) is 0 Å². The highest BCUT2D eigenvalue weighted by Crippen LogP contribution is 2.50. The minimum Gasteiger partial charge on any atom is -0.100 e. The summed E-state index contributed by atoms with van der Waals surface area (Å²) in [5.41, 5.74) is 4.15. The highest BCUT2D eigenvalue weighted by molar-refractivity contribution is 5.07. The fourth-order valence-corrected chi connectivity index (χ4v) is 3.92. The first kappa shape index (κ1) is 23.5. The molecule has 0 aliphatic heterocycles. The number of allylic oxidation sites excluding steroid dienone is 3. The van der Waals surface area contributed by atoms with Crippen LogP contribution in [0, 0.1) is 16.2 Å². The first-order valence-electron chi connectivity index (χ1n) is 10.3. The Labute approximate surface area is 154 Å². The molecule has 142 valence electrons. The van der Waals surface area contributed by atoms with E-state index < -0.39 is 0 Å². The zero-order valence-corrected chi connectivity index (χ0v) is 18.4. The molecule has 0 aromatic rings. The smallest absolute Gasteiger partial charge is 0.0238 e. The summed E-state index contributed by atoms with van der Waals surface area (Å²) in [6.07, 6.45) is 12.5. The molecule has 2 unspecified atom stereocenters. The molecule has 0 heterocycles. The van der Waals surface area contributed by atoms with Gasteiger partial charge in [-0.05, 0) is 62.2 Å². The largest absolute Gasteiger partial charge is 0.100 e. The second-order valence-corrected chi connectivity index (χ2v) is 9.23. The van der Waals surface area contributed by atoms with Gasteiger partial charge in [0.2, 0.25) is 0 Å². The molecule has 0 spiro atoms. The molecule has 0 fully saturated rings. The molecule has 0 saturated heterocycles. The van der Waals surface area contributed by atoms with Crippen molar-refractivity contribution < 1.29 is 0 Å². The van der Waals surface area contributed by atoms with E-state index in [-0.39, 0.29) is 0 Å². The van der Waals surface area contributed by atoms with Crippen LogP contribution in [-0.2, 0) is 0 Å². The molecule has 0 rings (SSSR count). The van der Waals surface area contributed by atoms with Crippen LogP contribution in [0.2, 0.25) is 0 Å². The zero-order chi connectivity index (χ0) is 19.0. The van der Waals surface area contributed by atoms with Crippen LogP contribution >= 0.6 is 0 Å². The van der Waals surface area contributed by atoms with Gasteiger partial charge in [-0.15, -0.1) is 6.58 Å². The molecule has 0 aromatic carbocycles. The van der Waals surface area contributed by atoms with Crippen molar-refractivity contribution in [1.82, 2.24) is 0 Å². The fraction of sp³-hybridized carbons (Fsp3) is 0.833. The van der Waals surface area contributed by atoms with Crippen LogP contribution in [0.5, 0.6) is 0 Å². The average molecular weight is 335 g/mol. The van der Waals surface area contributed by atoms with E-state index >= 15 is 0 Å². The summed E-state index contributed by atoms with van der Waals surface area (Å²) >= 11 is 0. The van der Waals surface area contributed by atoms with Crippen molar-refractivity contribution in [2.24, 2.45) is 16.2 Å². The molecule has 0 nitrogen and oxygen atoms in total. The summed E-state index contributed by atoms with van der Waals surface area (Å²) in [6, 6.07) is 0. The minimum absolute atomic E-state index is 0.400. The topological polar surface area (TPSA) is 0 Å². The lowest BCUT2D eigenvalue weighted by molar-refractivity contribution is 0.0540. The van der Waals surface area contributed by atoms with E-state index in [0.29, 0.717) is 16.2 Å². The van der Waals surface area contributed by atoms with Crippen LogP contribution < -0.4 is 0 Å². The van der Waals surface area contributed by atoms with Gasteiger partial charge < -0.3 is 0 Å². The summed E-state index contributed by atoms with van der Waals surface area (Å²) in [4.78, 5) is 0. The highest BCUT2D eigenvalue weighted by atomic mass is 14.4. The predicted molar refractivity (Wildman–Crippen MR) is 113 cm³/mol. The third kappa shape index (κ3) is 6.41. The normalized spacial score (nSPS) is 18.1. The van der Waals surface area contributed by atoms with Crippen LogP contribution in [0.25, 0.3) is 0 Å². The van der Waals surface area contributed by atoms with Gasteiger partial charge in [-0.1, -0.05) is 85.0 Å². The van der Waals surface area contributed by atoms with Gasteiger partial charge in [0.25, 0.3) is 0 Å². The van der Waals surface area contributed by atoms with Crippen LogP contribution in [0.4, 0.5) is 0 Å². The van der Waals surface area contributed by atoms with Crippen LogP contribution in [0.1, 0.15) is 114 Å². The molecule has 0 aliphatic rings. The molecule has 0 amide bonds. The Bertz CT molecular complexity index is 410. The summed E-state index contributed by atoms with van der Waals surface area (Å²) in [6.45, 7) is 25.5. The Kier molecular flexibility index (Phi) is 9.62. The van der Waals surface area contributed by atoms with Crippen LogP contribution in [0.3, 0.4) is 0 Å². The predicted octanol–water partition coefficient (Wildman–Crippen LogP) is 8.73. The van der Waals surface area contributed by atoms with Gasteiger partial charge in [-0.25, -0.2) is 0 Å². The quantitative estimate of drug-likeness (QED) is 0.313. The van der Waals surface area contributed by atoms with Crippen LogP contribution in [0.15, 0.2) is 23.8 Å². The molecular weight excluding hydrogens is 288 g/mol. The molecule has 0 saturated carbocycles. The molecule has 24 heavy (non-hydrogen) atoms. The summed E-state index contributed by atoms with van der Waals surface area (Å²) in [7, 11) is 0. The van der Waals surface area contributed by atoms with Gasteiger partial charge in [0, 0.05) is 0 Å². The lowest BCUT2D eigenvalue weighted by atomic mass is 9.59. The van der Waals surface area contributed by atoms with E-state index in [0.717, 1.165) is 6.42 Å². The van der Waals surface area contributed by atoms with Crippen molar-refractivity contribution in [2.45, 2.75) is 114 Å². The lowest BCUT2D eigenvalue weighted by Crippen LogP contribution is -2.36. The SMILES string of the molecule is C=C(C)CCC(C)(CC)CC=C(C)CC(C)(CC)C(C)(CC)CC. The molecule has 0 aliphatic carbocycles. The Morgan fingerprint density at radius 3 is 1.71 bits per heavy atom. The number of hydrogen-bond donors (Lipinski definition) is 0. The van der Waals surface area contributed by atoms with E-state index in [9.17, 15) is 0 Å². The Balaban J connectivity index is 5.09. The number of hydrogen-bond acceptors (Lipinski definition) is 0. The van der Waals surface area contributed by atoms with Crippen molar-refractivity contribution in [2.75, 3.05) is 0 Å². The van der Waals surface area contributed by atoms with E-state index in [1.807, 2.05) is 0 Å². The Morgan fingerprint density at radius 2 is 1.33 bits per heavy atom. The zero-order valence-electron chi connectivity index (χ0n) is 18.4. The third-order valence-corrected chi connectivity index (χ3v) is 7.42. The maximum atomic E-state index is 4.08. The van der Waals surface area contributed by atoms with E-state index in [2.05, 4.69) is 75.0 Å². The summed E-state index contributed by atoms with van der Waals surface area (Å²) in [5.74, 6) is 0. The monoisotopic (exact) mass is 334 g/mol. The van der Waals surface area contributed by atoms with E-state index in [4.69, 9.17) is 0 Å². The molecule has 0 heteroatoms. The van der Waals surface area contributed by atoms with Crippen molar-refractivity contribution in [3.8, 4) is 0 Å². The van der Waals surface area contributed by atoms with Crippen molar-refractivity contribution in [3.63, 3.8) is 0 Å². The molecule has 0 N–H and O–H groups in total. The minimum atomic E-state index is 0.400. The lowest BCUT2D eigenvalue weighted by Gasteiger charge is -2.46. The second kappa shape index (κ2) is 9.83. The Morgan fingerprint density at radius 1 is 0.833 bits per heavy atom. The first-order chi connectivity index (χ1) is 11.0. The van der Waals surface area contributed by atoms with Crippen molar-refractivity contribution in [3.05, 3.63) is 23.8 Å². The first-order valence-corrected chi connectivity index (χ1v) is 10.3. The molecule has 2 atom stereocenters. The van der Waals surface area contributed by atoms with Gasteiger partial charge >= 0.3 is 0 Å².